The predicted molar refractivity (Wildman–Crippen MR) is 117 cm³/mol. The molecule has 154 valence electrons. The Morgan fingerprint density at radius 2 is 2.00 bits per heavy atom. The van der Waals surface area contributed by atoms with Gasteiger partial charge in [-0.15, -0.1) is 5.10 Å². The van der Waals surface area contributed by atoms with E-state index < -0.39 is 4.92 Å². The van der Waals surface area contributed by atoms with Gasteiger partial charge in [0.1, 0.15) is 5.76 Å². The number of hydrogen-bond acceptors (Lipinski definition) is 8. The second-order valence-corrected chi connectivity index (χ2v) is 7.35. The number of furan rings is 1. The van der Waals surface area contributed by atoms with Gasteiger partial charge < -0.3 is 4.42 Å². The molecule has 0 radical (unpaired) electrons. The fraction of sp³-hybridized carbons (Fsp3) is 0.0476. The highest BCUT2D eigenvalue weighted by molar-refractivity contribution is 8.18. The number of rotatable bonds is 6. The zero-order valence-electron chi connectivity index (χ0n) is 16.0. The second kappa shape index (κ2) is 9.18. The van der Waals surface area contributed by atoms with Gasteiger partial charge in [-0.25, -0.2) is 0 Å². The molecule has 1 aliphatic heterocycles. The monoisotopic (exact) mass is 433 g/mol. The Balaban J connectivity index is 1.58. The minimum absolute atomic E-state index is 0.00443. The highest BCUT2D eigenvalue weighted by Gasteiger charge is 2.34. The van der Waals surface area contributed by atoms with Crippen molar-refractivity contribution in [1.82, 2.24) is 9.88 Å². The summed E-state index contributed by atoms with van der Waals surface area (Å²) < 4.78 is 5.37. The molecule has 0 atom stereocenters. The number of nitrogens with zero attached hydrogens (tertiary/aromatic N) is 5. The molecule has 10 heteroatoms. The number of pyridine rings is 1. The molecule has 1 saturated heterocycles. The van der Waals surface area contributed by atoms with Crippen LogP contribution < -0.4 is 0 Å². The summed E-state index contributed by atoms with van der Waals surface area (Å²) in [6.45, 7) is 0.217. The van der Waals surface area contributed by atoms with Crippen molar-refractivity contribution in [3.63, 3.8) is 0 Å². The van der Waals surface area contributed by atoms with Crippen LogP contribution in [0.5, 0.6) is 0 Å². The smallest absolute Gasteiger partial charge is 0.269 e. The molecule has 3 heterocycles. The second-order valence-electron chi connectivity index (χ2n) is 6.34. The zero-order chi connectivity index (χ0) is 21.6. The first-order valence-electron chi connectivity index (χ1n) is 9.09. The number of carbonyl (C=O) groups excluding carboxylic acids is 1. The van der Waals surface area contributed by atoms with E-state index in [1.807, 2.05) is 6.07 Å². The highest BCUT2D eigenvalue weighted by atomic mass is 32.2. The maximum absolute atomic E-state index is 13.0. The topological polar surface area (TPSA) is 114 Å². The van der Waals surface area contributed by atoms with Crippen LogP contribution in [-0.4, -0.2) is 32.1 Å². The molecule has 9 nitrogen and oxygen atoms in total. The summed E-state index contributed by atoms with van der Waals surface area (Å²) in [5.41, 5.74) is 1.44. The first kappa shape index (κ1) is 20.2. The Bertz CT molecular complexity index is 1170. The molecule has 1 aromatic carbocycles. The van der Waals surface area contributed by atoms with Crippen LogP contribution in [0.25, 0.3) is 6.08 Å². The fourth-order valence-corrected chi connectivity index (χ4v) is 3.65. The molecule has 2 aromatic heterocycles. The van der Waals surface area contributed by atoms with Gasteiger partial charge in [-0.05, 0) is 59.3 Å². The number of carbonyl (C=O) groups is 1. The largest absolute Gasteiger partial charge is 0.467 e. The van der Waals surface area contributed by atoms with E-state index in [0.717, 1.165) is 5.56 Å². The molecular weight excluding hydrogens is 418 g/mol. The lowest BCUT2D eigenvalue weighted by Gasteiger charge is -2.12. The number of amidine groups is 1. The third-order valence-corrected chi connectivity index (χ3v) is 5.22. The number of non-ortho nitro benzene ring substituents is 1. The summed E-state index contributed by atoms with van der Waals surface area (Å²) >= 11 is 1.20. The molecule has 0 unspecified atom stereocenters. The summed E-state index contributed by atoms with van der Waals surface area (Å²) in [6, 6.07) is 13.1. The van der Waals surface area contributed by atoms with Gasteiger partial charge in [0.2, 0.25) is 0 Å². The van der Waals surface area contributed by atoms with Gasteiger partial charge in [-0.3, -0.25) is 24.8 Å². The maximum atomic E-state index is 13.0. The van der Waals surface area contributed by atoms with Gasteiger partial charge >= 0.3 is 0 Å². The van der Waals surface area contributed by atoms with Gasteiger partial charge in [-0.1, -0.05) is 6.07 Å². The van der Waals surface area contributed by atoms with Crippen LogP contribution in [0.3, 0.4) is 0 Å². The van der Waals surface area contributed by atoms with E-state index >= 15 is 0 Å². The van der Waals surface area contributed by atoms with Crippen LogP contribution >= 0.6 is 11.8 Å². The van der Waals surface area contributed by atoms with E-state index in [-0.39, 0.29) is 18.1 Å². The first-order chi connectivity index (χ1) is 15.1. The van der Waals surface area contributed by atoms with Crippen LogP contribution in [0.4, 0.5) is 5.69 Å². The number of thioether (sulfide) groups is 1. The van der Waals surface area contributed by atoms with Crippen LogP contribution in [-0.2, 0) is 11.3 Å². The number of aromatic nitrogens is 1. The Labute approximate surface area is 181 Å². The van der Waals surface area contributed by atoms with E-state index in [0.29, 0.717) is 21.4 Å². The van der Waals surface area contributed by atoms with Crippen molar-refractivity contribution in [2.24, 2.45) is 10.2 Å². The predicted octanol–water partition coefficient (Wildman–Crippen LogP) is 4.09. The molecule has 1 aliphatic rings. The Morgan fingerprint density at radius 1 is 1.16 bits per heavy atom. The molecule has 1 amide bonds. The number of nitro benzene ring substituents is 1. The molecule has 0 N–H and O–H groups in total. The molecule has 0 bridgehead atoms. The fourth-order valence-electron chi connectivity index (χ4n) is 2.72. The molecule has 0 saturated carbocycles. The zero-order valence-corrected chi connectivity index (χ0v) is 16.8. The number of benzene rings is 1. The highest BCUT2D eigenvalue weighted by Crippen LogP contribution is 2.33. The van der Waals surface area contributed by atoms with Gasteiger partial charge in [0, 0.05) is 24.5 Å². The SMILES string of the molecule is O=C1/C(=C/c2cccnc2)S/C(=N/N=C\c2ccc([N+](=O)[O-])cc2)N1Cc1ccco1. The quantitative estimate of drug-likeness (QED) is 0.250. The van der Waals surface area contributed by atoms with Crippen molar-refractivity contribution in [3.05, 3.63) is 99.1 Å². The minimum Gasteiger partial charge on any atom is -0.467 e. The van der Waals surface area contributed by atoms with Crippen molar-refractivity contribution >= 4 is 40.8 Å². The Hall–Kier alpha value is -4.05. The molecule has 4 rings (SSSR count). The van der Waals surface area contributed by atoms with E-state index in [1.165, 1.54) is 35.0 Å². The van der Waals surface area contributed by atoms with Crippen LogP contribution in [0.2, 0.25) is 0 Å². The van der Waals surface area contributed by atoms with Crippen LogP contribution in [0.1, 0.15) is 16.9 Å². The molecule has 0 aliphatic carbocycles. The third kappa shape index (κ3) is 4.93. The van der Waals surface area contributed by atoms with E-state index in [9.17, 15) is 14.9 Å². The van der Waals surface area contributed by atoms with Crippen LogP contribution in [0, 0.1) is 10.1 Å². The lowest BCUT2D eigenvalue weighted by Crippen LogP contribution is -2.28. The van der Waals surface area contributed by atoms with Gasteiger partial charge in [0.15, 0.2) is 5.17 Å². The van der Waals surface area contributed by atoms with Crippen molar-refractivity contribution < 1.29 is 14.1 Å². The van der Waals surface area contributed by atoms with Gasteiger partial charge in [0.25, 0.3) is 11.6 Å². The molecular formula is C21H15N5O4S. The number of hydrogen-bond donors (Lipinski definition) is 0. The molecule has 3 aromatic rings. The van der Waals surface area contributed by atoms with Crippen molar-refractivity contribution in [2.75, 3.05) is 0 Å². The van der Waals surface area contributed by atoms with E-state index in [4.69, 9.17) is 4.42 Å². The first-order valence-corrected chi connectivity index (χ1v) is 9.91. The normalized spacial score (nSPS) is 16.6. The summed E-state index contributed by atoms with van der Waals surface area (Å²) in [5, 5.41) is 19.4. The molecule has 31 heavy (non-hydrogen) atoms. The maximum Gasteiger partial charge on any atom is 0.269 e. The van der Waals surface area contributed by atoms with Crippen molar-refractivity contribution in [1.29, 1.82) is 0 Å². The summed E-state index contributed by atoms with van der Waals surface area (Å²) in [7, 11) is 0. The van der Waals surface area contributed by atoms with Crippen LogP contribution in [0.15, 0.2) is 86.7 Å². The lowest BCUT2D eigenvalue weighted by atomic mass is 10.2. The van der Waals surface area contributed by atoms with Crippen molar-refractivity contribution in [3.8, 4) is 0 Å². The lowest BCUT2D eigenvalue weighted by molar-refractivity contribution is -0.384. The average Bonchev–Trinajstić information content (AvgIpc) is 3.39. The minimum atomic E-state index is -0.468. The van der Waals surface area contributed by atoms with Gasteiger partial charge in [-0.2, -0.15) is 5.10 Å². The Kier molecular flexibility index (Phi) is 5.99. The standard InChI is InChI=1S/C21H15N5O4S/c27-20-19(11-16-3-1-9-22-12-16)31-21(25(20)14-18-4-2-10-30-18)24-23-13-15-5-7-17(8-6-15)26(28)29/h1-13H,14H2/b19-11-,23-13-,24-21+. The summed E-state index contributed by atoms with van der Waals surface area (Å²) in [5.74, 6) is 0.401. The molecule has 1 fully saturated rings. The van der Waals surface area contributed by atoms with E-state index in [2.05, 4.69) is 15.2 Å². The number of amides is 1. The summed E-state index contributed by atoms with van der Waals surface area (Å²) in [6.07, 6.45) is 8.08. The van der Waals surface area contributed by atoms with E-state index in [1.54, 1.807) is 55.1 Å². The van der Waals surface area contributed by atoms with Gasteiger partial charge in [0.05, 0.1) is 28.9 Å². The number of nitro groups is 1. The van der Waals surface area contributed by atoms with Crippen molar-refractivity contribution in [2.45, 2.75) is 6.54 Å². The Morgan fingerprint density at radius 3 is 2.68 bits per heavy atom. The molecule has 0 spiro atoms. The average molecular weight is 433 g/mol. The summed E-state index contributed by atoms with van der Waals surface area (Å²) in [4.78, 5) is 29.3. The third-order valence-electron chi connectivity index (χ3n) is 4.22.